The zero-order valence-corrected chi connectivity index (χ0v) is 25.3. The molecule has 11 heteroatoms. The summed E-state index contributed by atoms with van der Waals surface area (Å²) in [7, 11) is 0. The Morgan fingerprint density at radius 3 is 2.16 bits per heavy atom. The number of aliphatic carboxylic acids is 1. The first-order chi connectivity index (χ1) is 20.4. The molecule has 2 saturated heterocycles. The van der Waals surface area contributed by atoms with E-state index in [1.807, 2.05) is 74.5 Å². The van der Waals surface area contributed by atoms with Crippen LogP contribution in [0.1, 0.15) is 52.2 Å². The van der Waals surface area contributed by atoms with Crippen molar-refractivity contribution in [3.63, 3.8) is 0 Å². The molecule has 2 amide bonds. The molecule has 0 saturated carbocycles. The van der Waals surface area contributed by atoms with Crippen LogP contribution in [-0.4, -0.2) is 71.4 Å². The number of carbonyl (C=O) groups excluding carboxylic acids is 2. The third kappa shape index (κ3) is 8.84. The fourth-order valence-electron chi connectivity index (χ4n) is 5.27. The van der Waals surface area contributed by atoms with Crippen molar-refractivity contribution in [3.8, 4) is 0 Å². The highest BCUT2D eigenvalue weighted by Crippen LogP contribution is 2.40. The fraction of sp³-hybridized carbons (Fsp3) is 0.531. The lowest BCUT2D eigenvalue weighted by Gasteiger charge is -2.32. The molecular weight excluding hydrogens is 554 g/mol. The van der Waals surface area contributed by atoms with Gasteiger partial charge in [0.25, 0.3) is 0 Å². The van der Waals surface area contributed by atoms with Gasteiger partial charge in [-0.15, -0.1) is 0 Å². The van der Waals surface area contributed by atoms with Gasteiger partial charge in [0, 0.05) is 19.0 Å². The highest BCUT2D eigenvalue weighted by molar-refractivity contribution is 5.90. The molecule has 2 aromatic carbocycles. The van der Waals surface area contributed by atoms with E-state index in [0.29, 0.717) is 13.2 Å². The number of carboxylic acids is 1. The van der Waals surface area contributed by atoms with Gasteiger partial charge in [-0.1, -0.05) is 74.5 Å². The van der Waals surface area contributed by atoms with E-state index in [0.717, 1.165) is 11.1 Å². The summed E-state index contributed by atoms with van der Waals surface area (Å²) in [5.74, 6) is -3.26. The topological polar surface area (TPSA) is 144 Å². The lowest BCUT2D eigenvalue weighted by Crippen LogP contribution is -2.55. The molecule has 2 heterocycles. The third-order valence-corrected chi connectivity index (χ3v) is 7.52. The standard InChI is InChI=1S/C32H43N3O8/c1-19(2)25(29(37)34-20(3)30(38)39)35-24(36)16-23(33-17-21-12-8-6-9-13-21)26-27(40-18-22-14-10-7-11-15-22)28-31(41-26)43-32(4,5)42-28/h6-15,19-20,23,25-28,31,33H,16-18H2,1-5H3,(H,34,37)(H,35,36)(H,38,39)/t20-,23-,25-,26?,27-,28+,31+/m0/s1. The second-order valence-corrected chi connectivity index (χ2v) is 11.9. The molecule has 0 spiro atoms. The maximum atomic E-state index is 13.5. The minimum absolute atomic E-state index is 0.0451. The van der Waals surface area contributed by atoms with Gasteiger partial charge in [0.1, 0.15) is 30.4 Å². The predicted molar refractivity (Wildman–Crippen MR) is 157 cm³/mol. The van der Waals surface area contributed by atoms with E-state index < -0.39 is 66.3 Å². The second kappa shape index (κ2) is 14.4. The number of benzene rings is 2. The van der Waals surface area contributed by atoms with Crippen LogP contribution in [0.2, 0.25) is 0 Å². The Labute approximate surface area is 252 Å². The van der Waals surface area contributed by atoms with Crippen LogP contribution in [0.4, 0.5) is 0 Å². The molecule has 4 N–H and O–H groups in total. The zero-order valence-electron chi connectivity index (χ0n) is 25.3. The summed E-state index contributed by atoms with van der Waals surface area (Å²) in [4.78, 5) is 37.6. The maximum absolute atomic E-state index is 13.5. The molecule has 11 nitrogen and oxygen atoms in total. The second-order valence-electron chi connectivity index (χ2n) is 11.9. The van der Waals surface area contributed by atoms with Gasteiger partial charge in [-0.05, 0) is 37.8 Å². The van der Waals surface area contributed by atoms with Crippen LogP contribution in [0.25, 0.3) is 0 Å². The van der Waals surface area contributed by atoms with E-state index in [1.165, 1.54) is 6.92 Å². The summed E-state index contributed by atoms with van der Waals surface area (Å²) < 4.78 is 25.1. The van der Waals surface area contributed by atoms with Crippen molar-refractivity contribution in [2.75, 3.05) is 0 Å². The lowest BCUT2D eigenvalue weighted by molar-refractivity contribution is -0.222. The van der Waals surface area contributed by atoms with Crippen LogP contribution in [-0.2, 0) is 46.5 Å². The Morgan fingerprint density at radius 2 is 1.56 bits per heavy atom. The normalized spacial score (nSPS) is 24.6. The number of fused-ring (bicyclic) bond motifs is 1. The van der Waals surface area contributed by atoms with Gasteiger partial charge in [-0.2, -0.15) is 0 Å². The average molecular weight is 598 g/mol. The molecule has 7 atom stereocenters. The van der Waals surface area contributed by atoms with Crippen LogP contribution < -0.4 is 16.0 Å². The number of carboxylic acid groups (broad SMARTS) is 1. The average Bonchev–Trinajstić information content (AvgIpc) is 3.44. The molecule has 0 bridgehead atoms. The Morgan fingerprint density at radius 1 is 0.930 bits per heavy atom. The van der Waals surface area contributed by atoms with E-state index in [9.17, 15) is 19.5 Å². The SMILES string of the molecule is CC(C)[C@H](NC(=O)C[C@H](NCc1ccccc1)C1O[C@@H]2OC(C)(C)O[C@@H]2[C@H]1OCc1ccccc1)C(=O)N[C@@H](C)C(=O)O. The summed E-state index contributed by atoms with van der Waals surface area (Å²) in [5, 5.41) is 17.9. The number of amides is 2. The molecule has 43 heavy (non-hydrogen) atoms. The highest BCUT2D eigenvalue weighted by Gasteiger charge is 2.57. The van der Waals surface area contributed by atoms with Crippen LogP contribution in [0.3, 0.4) is 0 Å². The summed E-state index contributed by atoms with van der Waals surface area (Å²) in [6.07, 6.45) is -2.43. The number of carbonyl (C=O) groups is 3. The van der Waals surface area contributed by atoms with Crippen LogP contribution in [0, 0.1) is 5.92 Å². The molecule has 1 unspecified atom stereocenters. The van der Waals surface area contributed by atoms with E-state index in [1.54, 1.807) is 13.8 Å². The molecule has 0 radical (unpaired) electrons. The molecule has 0 aromatic heterocycles. The molecule has 2 aromatic rings. The monoisotopic (exact) mass is 597 g/mol. The van der Waals surface area contributed by atoms with E-state index >= 15 is 0 Å². The summed E-state index contributed by atoms with van der Waals surface area (Å²) in [6, 6.07) is 17.0. The number of rotatable bonds is 14. The number of nitrogens with one attached hydrogen (secondary N) is 3. The summed E-state index contributed by atoms with van der Waals surface area (Å²) >= 11 is 0. The molecular formula is C32H43N3O8. The van der Waals surface area contributed by atoms with Gasteiger partial charge in [0.2, 0.25) is 11.8 Å². The van der Waals surface area contributed by atoms with Gasteiger partial charge in [0.05, 0.1) is 6.61 Å². The van der Waals surface area contributed by atoms with Crippen LogP contribution in [0.5, 0.6) is 0 Å². The molecule has 4 rings (SSSR count). The van der Waals surface area contributed by atoms with Crippen molar-refractivity contribution < 1.29 is 38.4 Å². The number of hydrogen-bond donors (Lipinski definition) is 4. The van der Waals surface area contributed by atoms with Crippen molar-refractivity contribution in [2.45, 2.75) is 103 Å². The van der Waals surface area contributed by atoms with Crippen molar-refractivity contribution >= 4 is 17.8 Å². The highest BCUT2D eigenvalue weighted by atomic mass is 16.8. The van der Waals surface area contributed by atoms with Crippen LogP contribution >= 0.6 is 0 Å². The minimum Gasteiger partial charge on any atom is -0.480 e. The fourth-order valence-corrected chi connectivity index (χ4v) is 5.27. The van der Waals surface area contributed by atoms with Gasteiger partial charge in [-0.25, -0.2) is 0 Å². The van der Waals surface area contributed by atoms with E-state index in [-0.39, 0.29) is 12.3 Å². The first-order valence-electron chi connectivity index (χ1n) is 14.7. The Bertz CT molecular complexity index is 1230. The largest absolute Gasteiger partial charge is 0.480 e. The quantitative estimate of drug-likeness (QED) is 0.258. The first-order valence-corrected chi connectivity index (χ1v) is 14.7. The van der Waals surface area contributed by atoms with E-state index in [4.69, 9.17) is 18.9 Å². The molecule has 234 valence electrons. The van der Waals surface area contributed by atoms with Crippen molar-refractivity contribution in [3.05, 3.63) is 71.8 Å². The van der Waals surface area contributed by atoms with E-state index in [2.05, 4.69) is 16.0 Å². The smallest absolute Gasteiger partial charge is 0.325 e. The van der Waals surface area contributed by atoms with Crippen LogP contribution in [0.15, 0.2) is 60.7 Å². The summed E-state index contributed by atoms with van der Waals surface area (Å²) in [6.45, 7) is 9.35. The van der Waals surface area contributed by atoms with Crippen molar-refractivity contribution in [1.29, 1.82) is 0 Å². The van der Waals surface area contributed by atoms with Gasteiger partial charge >= 0.3 is 5.97 Å². The number of hydrogen-bond acceptors (Lipinski definition) is 8. The minimum atomic E-state index is -1.16. The first kappa shape index (κ1) is 32.6. The molecule has 2 aliphatic rings. The Kier molecular flexibility index (Phi) is 10.9. The van der Waals surface area contributed by atoms with Gasteiger partial charge < -0.3 is 40.0 Å². The molecule has 2 aliphatic heterocycles. The number of ether oxygens (including phenoxy) is 4. The maximum Gasteiger partial charge on any atom is 0.325 e. The van der Waals surface area contributed by atoms with Gasteiger partial charge in [-0.3, -0.25) is 14.4 Å². The Hall–Kier alpha value is -3.35. The zero-order chi connectivity index (χ0) is 31.1. The molecule has 0 aliphatic carbocycles. The van der Waals surface area contributed by atoms with Crippen molar-refractivity contribution in [2.24, 2.45) is 5.92 Å². The molecule has 2 fully saturated rings. The van der Waals surface area contributed by atoms with Gasteiger partial charge in [0.15, 0.2) is 12.1 Å². The Balaban J connectivity index is 1.54. The third-order valence-electron chi connectivity index (χ3n) is 7.52. The predicted octanol–water partition coefficient (Wildman–Crippen LogP) is 2.73. The lowest BCUT2D eigenvalue weighted by atomic mass is 9.98. The summed E-state index contributed by atoms with van der Waals surface area (Å²) in [5.41, 5.74) is 2.00. The van der Waals surface area contributed by atoms with Crippen molar-refractivity contribution in [1.82, 2.24) is 16.0 Å².